The predicted octanol–water partition coefficient (Wildman–Crippen LogP) is 0.827. The lowest BCUT2D eigenvalue weighted by atomic mass is 9.81. The molecular weight excluding hydrogens is 318 g/mol. The van der Waals surface area contributed by atoms with E-state index < -0.39 is 0 Å². The number of carbonyl (C=O) groups excluding carboxylic acids is 3. The Morgan fingerprint density at radius 3 is 2.22 bits per heavy atom. The third-order valence-corrected chi connectivity index (χ3v) is 5.54. The van der Waals surface area contributed by atoms with Gasteiger partial charge in [0.05, 0.1) is 11.8 Å². The molecule has 0 aromatic heterocycles. The van der Waals surface area contributed by atoms with Crippen molar-refractivity contribution < 1.29 is 14.4 Å². The smallest absolute Gasteiger partial charge is 0.240 e. The predicted molar refractivity (Wildman–Crippen MR) is 87.7 cm³/mol. The van der Waals surface area contributed by atoms with Crippen LogP contribution in [-0.4, -0.2) is 41.8 Å². The van der Waals surface area contributed by atoms with Crippen molar-refractivity contribution in [2.45, 2.75) is 51.0 Å². The average Bonchev–Trinajstić information content (AvgIpc) is 3.06. The summed E-state index contributed by atoms with van der Waals surface area (Å²) in [4.78, 5) is 38.1. The van der Waals surface area contributed by atoms with Crippen LogP contribution in [0.5, 0.6) is 0 Å². The normalized spacial score (nSPS) is 33.3. The van der Waals surface area contributed by atoms with Gasteiger partial charge < -0.3 is 11.1 Å². The summed E-state index contributed by atoms with van der Waals surface area (Å²) >= 11 is 0. The second kappa shape index (κ2) is 7.62. The number of carbonyl (C=O) groups is 3. The van der Waals surface area contributed by atoms with Gasteiger partial charge in [-0.05, 0) is 38.1 Å². The Labute approximate surface area is 142 Å². The number of nitrogens with zero attached hydrogens (tertiary/aromatic N) is 1. The van der Waals surface area contributed by atoms with Crippen LogP contribution in [0.25, 0.3) is 0 Å². The third kappa shape index (κ3) is 3.53. The Hall–Kier alpha value is -1.14. The lowest BCUT2D eigenvalue weighted by molar-refractivity contribution is -0.143. The van der Waals surface area contributed by atoms with E-state index >= 15 is 0 Å². The van der Waals surface area contributed by atoms with Gasteiger partial charge in [0.25, 0.3) is 0 Å². The van der Waals surface area contributed by atoms with Crippen molar-refractivity contribution in [1.82, 2.24) is 10.2 Å². The van der Waals surface area contributed by atoms with Crippen LogP contribution in [0.15, 0.2) is 0 Å². The molecule has 0 spiro atoms. The summed E-state index contributed by atoms with van der Waals surface area (Å²) in [6, 6.07) is 0.0904. The molecule has 3 N–H and O–H groups in total. The van der Waals surface area contributed by atoms with Crippen LogP contribution in [0, 0.1) is 17.8 Å². The van der Waals surface area contributed by atoms with Crippen LogP contribution >= 0.6 is 12.4 Å². The van der Waals surface area contributed by atoms with E-state index in [-0.39, 0.29) is 54.6 Å². The third-order valence-electron chi connectivity index (χ3n) is 5.54. The molecule has 3 fully saturated rings. The summed E-state index contributed by atoms with van der Waals surface area (Å²) in [7, 11) is 0. The van der Waals surface area contributed by atoms with Gasteiger partial charge in [-0.3, -0.25) is 19.3 Å². The minimum Gasteiger partial charge on any atom is -0.351 e. The summed E-state index contributed by atoms with van der Waals surface area (Å²) in [5.74, 6) is -0.574. The van der Waals surface area contributed by atoms with E-state index in [0.717, 1.165) is 44.9 Å². The summed E-state index contributed by atoms with van der Waals surface area (Å²) < 4.78 is 0. The minimum absolute atomic E-state index is 0. The number of halogens is 1. The molecule has 0 bridgehead atoms. The van der Waals surface area contributed by atoms with Crippen LogP contribution in [0.1, 0.15) is 44.9 Å². The molecule has 3 aliphatic rings. The van der Waals surface area contributed by atoms with Crippen molar-refractivity contribution in [2.24, 2.45) is 23.5 Å². The molecule has 3 amide bonds. The van der Waals surface area contributed by atoms with E-state index in [9.17, 15) is 14.4 Å². The second-order valence-corrected chi connectivity index (χ2v) is 6.86. The zero-order chi connectivity index (χ0) is 15.7. The maximum Gasteiger partial charge on any atom is 0.240 e. The molecule has 130 valence electrons. The number of rotatable bonds is 4. The van der Waals surface area contributed by atoms with Gasteiger partial charge in [0.2, 0.25) is 17.7 Å². The van der Waals surface area contributed by atoms with Crippen molar-refractivity contribution in [1.29, 1.82) is 0 Å². The Morgan fingerprint density at radius 2 is 1.65 bits per heavy atom. The first-order valence-corrected chi connectivity index (χ1v) is 8.46. The maximum absolute atomic E-state index is 12.3. The summed E-state index contributed by atoms with van der Waals surface area (Å²) in [6.45, 7) is 0.440. The minimum atomic E-state index is -0.231. The molecule has 1 aliphatic heterocycles. The molecule has 2 saturated carbocycles. The van der Waals surface area contributed by atoms with E-state index in [4.69, 9.17) is 5.73 Å². The standard InChI is InChI=1S/C16H25N3O3.ClH/c17-8-10-4-3-7-13(10)18-14(20)9-19-15(21)11-5-1-2-6-12(11)16(19)22;/h10-13H,1-9,17H2,(H,18,20);1H. The molecule has 0 aromatic rings. The summed E-state index contributed by atoms with van der Waals surface area (Å²) in [5, 5.41) is 2.96. The van der Waals surface area contributed by atoms with Gasteiger partial charge in [0.15, 0.2) is 0 Å². The molecule has 2 aliphatic carbocycles. The van der Waals surface area contributed by atoms with Gasteiger partial charge in [-0.25, -0.2) is 0 Å². The molecular formula is C16H26ClN3O3. The van der Waals surface area contributed by atoms with Crippen LogP contribution in [-0.2, 0) is 14.4 Å². The quantitative estimate of drug-likeness (QED) is 0.739. The van der Waals surface area contributed by atoms with E-state index in [1.54, 1.807) is 0 Å². The fourth-order valence-corrected chi connectivity index (χ4v) is 4.29. The van der Waals surface area contributed by atoms with Gasteiger partial charge in [-0.1, -0.05) is 19.3 Å². The number of amides is 3. The molecule has 6 nitrogen and oxygen atoms in total. The lowest BCUT2D eigenvalue weighted by Gasteiger charge is -2.21. The average molecular weight is 344 g/mol. The highest BCUT2D eigenvalue weighted by Gasteiger charge is 2.48. The molecule has 0 aromatic carbocycles. The van der Waals surface area contributed by atoms with Gasteiger partial charge in [-0.15, -0.1) is 12.4 Å². The highest BCUT2D eigenvalue weighted by Crippen LogP contribution is 2.37. The topological polar surface area (TPSA) is 92.5 Å². The first-order chi connectivity index (χ1) is 10.6. The largest absolute Gasteiger partial charge is 0.351 e. The van der Waals surface area contributed by atoms with Crippen molar-refractivity contribution in [3.05, 3.63) is 0 Å². The van der Waals surface area contributed by atoms with E-state index in [1.165, 1.54) is 4.90 Å². The fraction of sp³-hybridized carbons (Fsp3) is 0.812. The monoisotopic (exact) mass is 343 g/mol. The van der Waals surface area contributed by atoms with E-state index in [0.29, 0.717) is 12.5 Å². The zero-order valence-electron chi connectivity index (χ0n) is 13.3. The number of nitrogens with one attached hydrogen (secondary N) is 1. The number of hydrogen-bond donors (Lipinski definition) is 2. The summed E-state index contributed by atoms with van der Waals surface area (Å²) in [6.07, 6.45) is 6.60. The number of likely N-dealkylation sites (tertiary alicyclic amines) is 1. The lowest BCUT2D eigenvalue weighted by Crippen LogP contribution is -2.46. The number of hydrogen-bond acceptors (Lipinski definition) is 4. The van der Waals surface area contributed by atoms with Crippen molar-refractivity contribution >= 4 is 30.1 Å². The van der Waals surface area contributed by atoms with Crippen LogP contribution in [0.2, 0.25) is 0 Å². The highest BCUT2D eigenvalue weighted by molar-refractivity contribution is 6.07. The second-order valence-electron chi connectivity index (χ2n) is 6.86. The zero-order valence-corrected chi connectivity index (χ0v) is 14.1. The highest BCUT2D eigenvalue weighted by atomic mass is 35.5. The van der Waals surface area contributed by atoms with Crippen LogP contribution in [0.4, 0.5) is 0 Å². The molecule has 0 radical (unpaired) electrons. The van der Waals surface area contributed by atoms with Crippen molar-refractivity contribution in [3.8, 4) is 0 Å². The van der Waals surface area contributed by atoms with Gasteiger partial charge >= 0.3 is 0 Å². The molecule has 1 heterocycles. The number of fused-ring (bicyclic) bond motifs is 1. The van der Waals surface area contributed by atoms with Crippen molar-refractivity contribution in [2.75, 3.05) is 13.1 Å². The van der Waals surface area contributed by atoms with Gasteiger partial charge in [0.1, 0.15) is 6.54 Å². The molecule has 7 heteroatoms. The Bertz CT molecular complexity index is 461. The molecule has 4 unspecified atom stereocenters. The van der Waals surface area contributed by atoms with Gasteiger partial charge in [0, 0.05) is 6.04 Å². The van der Waals surface area contributed by atoms with Gasteiger partial charge in [-0.2, -0.15) is 0 Å². The molecule has 1 saturated heterocycles. The Morgan fingerprint density at radius 1 is 1.04 bits per heavy atom. The maximum atomic E-state index is 12.3. The number of imide groups is 1. The first-order valence-electron chi connectivity index (χ1n) is 8.46. The SMILES string of the molecule is Cl.NCC1CCCC1NC(=O)CN1C(=O)C2CCCCC2C1=O. The molecule has 4 atom stereocenters. The fourth-order valence-electron chi connectivity index (χ4n) is 4.29. The summed E-state index contributed by atoms with van der Waals surface area (Å²) in [5.41, 5.74) is 5.72. The first kappa shape index (κ1) is 18.2. The van der Waals surface area contributed by atoms with E-state index in [2.05, 4.69) is 5.32 Å². The Balaban J connectivity index is 0.00000192. The molecule has 3 rings (SSSR count). The van der Waals surface area contributed by atoms with E-state index in [1.807, 2.05) is 0 Å². The van der Waals surface area contributed by atoms with Crippen LogP contribution in [0.3, 0.4) is 0 Å². The van der Waals surface area contributed by atoms with Crippen molar-refractivity contribution in [3.63, 3.8) is 0 Å². The molecule has 23 heavy (non-hydrogen) atoms. The van der Waals surface area contributed by atoms with Crippen LogP contribution < -0.4 is 11.1 Å². The Kier molecular flexibility index (Phi) is 6.03. The number of nitrogens with two attached hydrogens (primary N) is 1.